The molecule has 1 saturated heterocycles. The zero-order valence-corrected chi connectivity index (χ0v) is 20.1. The molecule has 0 N–H and O–H groups in total. The number of ketones is 1. The van der Waals surface area contributed by atoms with E-state index >= 15 is 0 Å². The predicted molar refractivity (Wildman–Crippen MR) is 124 cm³/mol. The molecule has 3 rings (SSSR count). The first-order chi connectivity index (χ1) is 15.5. The first-order valence-electron chi connectivity index (χ1n) is 11.2. The van der Waals surface area contributed by atoms with Gasteiger partial charge in [-0.25, -0.2) is 0 Å². The van der Waals surface area contributed by atoms with E-state index in [1.807, 2.05) is 39.8 Å². The van der Waals surface area contributed by atoms with Gasteiger partial charge in [-0.15, -0.1) is 11.8 Å². The SMILES string of the molecule is CCc1cc(C)cc(CC)c1C1C(=O)CC(C(C)CSc2ccc(C(F)(F)F)cc2)OC1=O. The van der Waals surface area contributed by atoms with E-state index in [-0.39, 0.29) is 18.1 Å². The molecule has 33 heavy (non-hydrogen) atoms. The van der Waals surface area contributed by atoms with Crippen LogP contribution in [0.4, 0.5) is 13.2 Å². The van der Waals surface area contributed by atoms with Crippen LogP contribution >= 0.6 is 11.8 Å². The minimum absolute atomic E-state index is 0.125. The lowest BCUT2D eigenvalue weighted by molar-refractivity contribution is -0.162. The molecule has 1 aliphatic heterocycles. The summed E-state index contributed by atoms with van der Waals surface area (Å²) in [6.45, 7) is 7.93. The number of carbonyl (C=O) groups is 2. The van der Waals surface area contributed by atoms with E-state index in [1.165, 1.54) is 23.9 Å². The highest BCUT2D eigenvalue weighted by molar-refractivity contribution is 7.99. The smallest absolute Gasteiger partial charge is 0.416 e. The van der Waals surface area contributed by atoms with Crippen molar-refractivity contribution in [3.05, 3.63) is 64.2 Å². The average Bonchev–Trinajstić information content (AvgIpc) is 2.76. The molecule has 7 heteroatoms. The highest BCUT2D eigenvalue weighted by Gasteiger charge is 2.41. The van der Waals surface area contributed by atoms with E-state index < -0.39 is 29.7 Å². The summed E-state index contributed by atoms with van der Waals surface area (Å²) in [5.74, 6) is -1.12. The number of thioether (sulfide) groups is 1. The van der Waals surface area contributed by atoms with E-state index in [2.05, 4.69) is 0 Å². The first kappa shape index (κ1) is 25.3. The van der Waals surface area contributed by atoms with E-state index in [0.29, 0.717) is 10.6 Å². The Labute approximate surface area is 197 Å². The molecule has 3 unspecified atom stereocenters. The van der Waals surface area contributed by atoms with Crippen molar-refractivity contribution in [3.63, 3.8) is 0 Å². The van der Waals surface area contributed by atoms with Crippen LogP contribution in [-0.2, 0) is 33.3 Å². The molecule has 0 bridgehead atoms. The first-order valence-corrected chi connectivity index (χ1v) is 12.2. The van der Waals surface area contributed by atoms with Gasteiger partial charge in [0.1, 0.15) is 12.0 Å². The van der Waals surface area contributed by atoms with Crippen molar-refractivity contribution >= 4 is 23.5 Å². The summed E-state index contributed by atoms with van der Waals surface area (Å²) in [6, 6.07) is 9.04. The maximum atomic E-state index is 13.1. The van der Waals surface area contributed by atoms with Crippen molar-refractivity contribution in [2.45, 2.75) is 70.1 Å². The lowest BCUT2D eigenvalue weighted by Gasteiger charge is -2.32. The molecular weight excluding hydrogens is 449 g/mol. The van der Waals surface area contributed by atoms with Crippen LogP contribution in [0.5, 0.6) is 0 Å². The van der Waals surface area contributed by atoms with Gasteiger partial charge in [0, 0.05) is 23.0 Å². The van der Waals surface area contributed by atoms with Crippen LogP contribution in [0.3, 0.4) is 0 Å². The van der Waals surface area contributed by atoms with Crippen LogP contribution in [0.2, 0.25) is 0 Å². The minimum atomic E-state index is -4.36. The number of hydrogen-bond donors (Lipinski definition) is 0. The summed E-state index contributed by atoms with van der Waals surface area (Å²) in [4.78, 5) is 26.8. The molecule has 1 aliphatic rings. The van der Waals surface area contributed by atoms with Gasteiger partial charge in [-0.2, -0.15) is 13.2 Å². The van der Waals surface area contributed by atoms with Gasteiger partial charge in [0.25, 0.3) is 0 Å². The van der Waals surface area contributed by atoms with Crippen molar-refractivity contribution < 1.29 is 27.5 Å². The molecule has 0 amide bonds. The Morgan fingerprint density at radius 2 is 1.64 bits per heavy atom. The highest BCUT2D eigenvalue weighted by Crippen LogP contribution is 2.36. The fourth-order valence-electron chi connectivity index (χ4n) is 4.29. The largest absolute Gasteiger partial charge is 0.461 e. The third-order valence-corrected chi connectivity index (χ3v) is 7.40. The van der Waals surface area contributed by atoms with Crippen molar-refractivity contribution in [2.24, 2.45) is 5.92 Å². The van der Waals surface area contributed by atoms with E-state index in [9.17, 15) is 22.8 Å². The van der Waals surface area contributed by atoms with Gasteiger partial charge in [0.15, 0.2) is 5.78 Å². The normalized spacial score (nSPS) is 20.0. The van der Waals surface area contributed by atoms with Gasteiger partial charge in [-0.1, -0.05) is 38.5 Å². The van der Waals surface area contributed by atoms with E-state index in [0.717, 1.165) is 47.2 Å². The van der Waals surface area contributed by atoms with Crippen LogP contribution in [0.15, 0.2) is 41.3 Å². The molecular formula is C26H29F3O3S. The number of Topliss-reactive ketones (excluding diaryl/α,β-unsaturated/α-hetero) is 1. The second-order valence-electron chi connectivity index (χ2n) is 8.59. The molecule has 0 aliphatic carbocycles. The van der Waals surface area contributed by atoms with Gasteiger partial charge in [-0.05, 0) is 60.7 Å². The van der Waals surface area contributed by atoms with E-state index in [1.54, 1.807) is 0 Å². The van der Waals surface area contributed by atoms with Gasteiger partial charge in [0.2, 0.25) is 0 Å². The third kappa shape index (κ3) is 5.81. The topological polar surface area (TPSA) is 43.4 Å². The molecule has 2 aromatic carbocycles. The fourth-order valence-corrected chi connectivity index (χ4v) is 5.29. The molecule has 3 nitrogen and oxygen atoms in total. The zero-order chi connectivity index (χ0) is 24.3. The number of ether oxygens (including phenoxy) is 1. The molecule has 0 radical (unpaired) electrons. The minimum Gasteiger partial charge on any atom is -0.461 e. The molecule has 178 valence electrons. The molecule has 1 fully saturated rings. The van der Waals surface area contributed by atoms with Crippen molar-refractivity contribution in [2.75, 3.05) is 5.75 Å². The van der Waals surface area contributed by atoms with Gasteiger partial charge < -0.3 is 4.74 Å². The summed E-state index contributed by atoms with van der Waals surface area (Å²) in [5.41, 5.74) is 3.23. The third-order valence-electron chi connectivity index (χ3n) is 6.10. The predicted octanol–water partition coefficient (Wildman–Crippen LogP) is 6.54. The van der Waals surface area contributed by atoms with Crippen LogP contribution < -0.4 is 0 Å². The number of carbonyl (C=O) groups excluding carboxylic acids is 2. The van der Waals surface area contributed by atoms with E-state index in [4.69, 9.17) is 4.74 Å². The Hall–Kier alpha value is -2.28. The monoisotopic (exact) mass is 478 g/mol. The van der Waals surface area contributed by atoms with Crippen molar-refractivity contribution in [1.29, 1.82) is 0 Å². The molecule has 0 aromatic heterocycles. The number of cyclic esters (lactones) is 1. The van der Waals surface area contributed by atoms with Gasteiger partial charge >= 0.3 is 12.1 Å². The van der Waals surface area contributed by atoms with Crippen LogP contribution in [-0.4, -0.2) is 23.6 Å². The quantitative estimate of drug-likeness (QED) is 0.258. The Kier molecular flexibility index (Phi) is 7.93. The van der Waals surface area contributed by atoms with Crippen molar-refractivity contribution in [3.8, 4) is 0 Å². The lowest BCUT2D eigenvalue weighted by Crippen LogP contribution is -2.41. The van der Waals surface area contributed by atoms with Crippen LogP contribution in [0.1, 0.15) is 60.9 Å². The summed E-state index contributed by atoms with van der Waals surface area (Å²) in [6.07, 6.45) is -3.30. The van der Waals surface area contributed by atoms with Gasteiger partial charge in [0.05, 0.1) is 5.56 Å². The molecule has 3 atom stereocenters. The number of aryl methyl sites for hydroxylation is 3. The number of benzene rings is 2. The Balaban J connectivity index is 1.69. The molecule has 0 spiro atoms. The maximum Gasteiger partial charge on any atom is 0.416 e. The van der Waals surface area contributed by atoms with Gasteiger partial charge in [-0.3, -0.25) is 9.59 Å². The summed E-state index contributed by atoms with van der Waals surface area (Å²) in [7, 11) is 0. The Morgan fingerprint density at radius 3 is 2.12 bits per heavy atom. The molecule has 1 heterocycles. The van der Waals surface area contributed by atoms with Crippen molar-refractivity contribution in [1.82, 2.24) is 0 Å². The zero-order valence-electron chi connectivity index (χ0n) is 19.3. The highest BCUT2D eigenvalue weighted by atomic mass is 32.2. The van der Waals surface area contributed by atoms with Crippen LogP contribution in [0.25, 0.3) is 0 Å². The fraction of sp³-hybridized carbons (Fsp3) is 0.462. The summed E-state index contributed by atoms with van der Waals surface area (Å²) >= 11 is 1.38. The molecule has 0 saturated carbocycles. The number of esters is 1. The second kappa shape index (κ2) is 10.3. The Bertz CT molecular complexity index is 971. The maximum absolute atomic E-state index is 13.1. The number of rotatable bonds is 7. The summed E-state index contributed by atoms with van der Waals surface area (Å²) < 4.78 is 43.9. The summed E-state index contributed by atoms with van der Waals surface area (Å²) in [5, 5.41) is 0. The number of alkyl halides is 3. The lowest BCUT2D eigenvalue weighted by atomic mass is 9.80. The average molecular weight is 479 g/mol. The number of hydrogen-bond acceptors (Lipinski definition) is 4. The second-order valence-corrected chi connectivity index (χ2v) is 9.69. The Morgan fingerprint density at radius 1 is 1.06 bits per heavy atom. The standard InChI is InChI=1S/C26H29F3O3S/c1-5-17-11-15(3)12-18(6-2)23(17)24-21(30)13-22(32-25(24)31)16(4)14-33-20-9-7-19(8-10-20)26(27,28)29/h7-12,16,22,24H,5-6,13-14H2,1-4H3. The number of halogens is 3. The molecule has 2 aromatic rings. The van der Waals surface area contributed by atoms with Crippen LogP contribution in [0, 0.1) is 12.8 Å².